The van der Waals surface area contributed by atoms with Crippen LogP contribution in [0.25, 0.3) is 0 Å². The largest absolute Gasteiger partial charge is 0.442 e. The van der Waals surface area contributed by atoms with Crippen LogP contribution >= 0.6 is 24.4 Å². The number of benzene rings is 1. The molecule has 0 saturated carbocycles. The van der Waals surface area contributed by atoms with Crippen molar-refractivity contribution in [1.29, 1.82) is 0 Å². The molecule has 2 aliphatic heterocycles. The first-order chi connectivity index (χ1) is 16.2. The molecule has 2 aliphatic rings. The number of ether oxygens (including phenoxy) is 1. The van der Waals surface area contributed by atoms with Crippen LogP contribution in [0.5, 0.6) is 0 Å². The quantitative estimate of drug-likeness (QED) is 0.356. The van der Waals surface area contributed by atoms with Gasteiger partial charge in [0.05, 0.1) is 35.5 Å². The van der Waals surface area contributed by atoms with Crippen molar-refractivity contribution in [2.45, 2.75) is 13.0 Å². The van der Waals surface area contributed by atoms with Gasteiger partial charge in [0, 0.05) is 26.2 Å². The number of thiocarbonyl (C=S) groups is 2. The van der Waals surface area contributed by atoms with Gasteiger partial charge in [-0.25, -0.2) is 9.18 Å². The summed E-state index contributed by atoms with van der Waals surface area (Å²) in [6.07, 6.45) is -0.901. The zero-order valence-electron chi connectivity index (χ0n) is 18.2. The fraction of sp³-hybridized carbons (Fsp3) is 0.381. The van der Waals surface area contributed by atoms with Gasteiger partial charge in [-0.2, -0.15) is 0 Å². The summed E-state index contributed by atoms with van der Waals surface area (Å²) in [4.78, 5) is 28.6. The van der Waals surface area contributed by atoms with Gasteiger partial charge in [0.2, 0.25) is 0 Å². The minimum Gasteiger partial charge on any atom is -0.442 e. The second-order valence-corrected chi connectivity index (χ2v) is 8.86. The minimum atomic E-state index is -0.615. The van der Waals surface area contributed by atoms with E-state index < -0.39 is 16.8 Å². The molecule has 1 N–H and O–H groups in total. The second-order valence-electron chi connectivity index (χ2n) is 7.86. The maximum Gasteiger partial charge on any atom is 0.433 e. The highest BCUT2D eigenvalue weighted by molar-refractivity contribution is 7.80. The molecule has 2 aromatic rings. The van der Waals surface area contributed by atoms with E-state index in [0.717, 1.165) is 0 Å². The van der Waals surface area contributed by atoms with Crippen LogP contribution in [0.1, 0.15) is 12.7 Å². The van der Waals surface area contributed by atoms with E-state index in [-0.39, 0.29) is 17.7 Å². The summed E-state index contributed by atoms with van der Waals surface area (Å²) in [6.45, 7) is 4.44. The third kappa shape index (κ3) is 5.09. The Balaban J connectivity index is 1.36. The van der Waals surface area contributed by atoms with Gasteiger partial charge in [-0.05, 0) is 31.2 Å². The van der Waals surface area contributed by atoms with Crippen molar-refractivity contribution >= 4 is 57.8 Å². The number of carbonyl (C=O) groups excluding carboxylic acids is 1. The number of halogens is 1. The van der Waals surface area contributed by atoms with Crippen LogP contribution < -0.4 is 15.1 Å². The molecule has 2 saturated heterocycles. The molecule has 1 unspecified atom stereocenters. The van der Waals surface area contributed by atoms with Crippen LogP contribution in [-0.4, -0.2) is 71.3 Å². The molecular weight excluding hydrogens is 485 g/mol. The zero-order valence-corrected chi connectivity index (χ0v) is 19.9. The first-order valence-electron chi connectivity index (χ1n) is 10.5. The molecule has 2 fully saturated rings. The standard InChI is InChI=1S/C21H22FN5O5S2/c1-13(33)23-11-15-12-26(21(28)31-15)14-2-3-17(16(22)10-14)24-6-8-25(9-7-24)20(34)18-4-5-19(32-18)27(29)30/h2-5,10,15H,6-9,11-12H2,1H3,(H,23,33). The summed E-state index contributed by atoms with van der Waals surface area (Å²) >= 11 is 10.4. The first kappa shape index (κ1) is 23.8. The summed E-state index contributed by atoms with van der Waals surface area (Å²) in [5.41, 5.74) is 0.845. The van der Waals surface area contributed by atoms with E-state index in [1.807, 2.05) is 9.80 Å². The number of anilines is 2. The lowest BCUT2D eigenvalue weighted by atomic mass is 10.2. The highest BCUT2D eigenvalue weighted by Crippen LogP contribution is 2.29. The zero-order chi connectivity index (χ0) is 24.4. The van der Waals surface area contributed by atoms with Gasteiger partial charge < -0.3 is 24.3 Å². The van der Waals surface area contributed by atoms with Crippen molar-refractivity contribution in [1.82, 2.24) is 10.2 Å². The molecule has 3 heterocycles. The average Bonchev–Trinajstić information content (AvgIpc) is 3.44. The Morgan fingerprint density at radius 2 is 1.97 bits per heavy atom. The molecule has 1 aromatic carbocycles. The van der Waals surface area contributed by atoms with Crippen molar-refractivity contribution < 1.29 is 23.3 Å². The van der Waals surface area contributed by atoms with E-state index >= 15 is 0 Å². The van der Waals surface area contributed by atoms with Crippen molar-refractivity contribution in [2.75, 3.05) is 49.1 Å². The normalized spacial score (nSPS) is 18.1. The Morgan fingerprint density at radius 1 is 1.24 bits per heavy atom. The summed E-state index contributed by atoms with van der Waals surface area (Å²) in [5.74, 6) is -0.548. The topological polar surface area (TPSA) is 104 Å². The Labute approximate surface area is 205 Å². The van der Waals surface area contributed by atoms with Crippen LogP contribution in [0.2, 0.25) is 0 Å². The molecule has 0 aliphatic carbocycles. The van der Waals surface area contributed by atoms with Crippen LogP contribution in [0.4, 0.5) is 26.4 Å². The number of nitrogens with one attached hydrogen (secondary N) is 1. The van der Waals surface area contributed by atoms with Gasteiger partial charge in [0.15, 0.2) is 5.76 Å². The smallest absolute Gasteiger partial charge is 0.433 e. The Kier molecular flexibility index (Phi) is 6.93. The van der Waals surface area contributed by atoms with Crippen LogP contribution in [0, 0.1) is 15.9 Å². The number of cyclic esters (lactones) is 1. The van der Waals surface area contributed by atoms with Gasteiger partial charge in [-0.15, -0.1) is 0 Å². The van der Waals surface area contributed by atoms with Gasteiger partial charge >= 0.3 is 12.0 Å². The summed E-state index contributed by atoms with van der Waals surface area (Å²) in [5, 5.41) is 13.8. The van der Waals surface area contributed by atoms with Gasteiger partial charge in [-0.1, -0.05) is 24.4 Å². The number of piperazine rings is 1. The number of hydrogen-bond donors (Lipinski definition) is 1. The van der Waals surface area contributed by atoms with Crippen LogP contribution in [-0.2, 0) is 4.74 Å². The lowest BCUT2D eigenvalue weighted by Gasteiger charge is -2.37. The maximum atomic E-state index is 15.0. The number of furan rings is 1. The number of nitro groups is 1. The lowest BCUT2D eigenvalue weighted by Crippen LogP contribution is -2.48. The second kappa shape index (κ2) is 9.89. The highest BCUT2D eigenvalue weighted by Gasteiger charge is 2.33. The Morgan fingerprint density at radius 3 is 2.59 bits per heavy atom. The number of rotatable bonds is 6. The molecule has 1 amide bonds. The van der Waals surface area contributed by atoms with Crippen molar-refractivity contribution in [3.05, 3.63) is 52.0 Å². The first-order valence-corrected chi connectivity index (χ1v) is 11.3. The number of amides is 1. The molecule has 1 aromatic heterocycles. The fourth-order valence-corrected chi connectivity index (χ4v) is 4.24. The van der Waals surface area contributed by atoms with Crippen LogP contribution in [0.3, 0.4) is 0 Å². The summed E-state index contributed by atoms with van der Waals surface area (Å²) in [7, 11) is 0. The van der Waals surface area contributed by atoms with Gasteiger partial charge in [0.25, 0.3) is 0 Å². The lowest BCUT2D eigenvalue weighted by molar-refractivity contribution is -0.402. The molecule has 13 heteroatoms. The van der Waals surface area contributed by atoms with E-state index in [4.69, 9.17) is 33.6 Å². The molecule has 0 bridgehead atoms. The van der Waals surface area contributed by atoms with Crippen LogP contribution in [0.15, 0.2) is 34.7 Å². The Hall–Kier alpha value is -3.32. The van der Waals surface area contributed by atoms with E-state index in [9.17, 15) is 19.3 Å². The fourth-order valence-electron chi connectivity index (χ4n) is 3.86. The molecule has 10 nitrogen and oxygen atoms in total. The molecule has 1 atom stereocenters. The Bertz CT molecular complexity index is 1130. The van der Waals surface area contributed by atoms with Crippen molar-refractivity contribution in [3.8, 4) is 0 Å². The van der Waals surface area contributed by atoms with E-state index in [1.54, 1.807) is 19.1 Å². The monoisotopic (exact) mass is 507 g/mol. The molecular formula is C21H22FN5O5S2. The predicted molar refractivity (Wildman–Crippen MR) is 131 cm³/mol. The minimum absolute atomic E-state index is 0.262. The number of carbonyl (C=O) groups is 1. The van der Waals surface area contributed by atoms with E-state index in [0.29, 0.717) is 60.6 Å². The third-order valence-electron chi connectivity index (χ3n) is 5.59. The van der Waals surface area contributed by atoms with Gasteiger partial charge in [0.1, 0.15) is 21.8 Å². The molecule has 0 radical (unpaired) electrons. The van der Waals surface area contributed by atoms with E-state index in [1.165, 1.54) is 23.1 Å². The number of hydrogen-bond acceptors (Lipinski definition) is 8. The summed E-state index contributed by atoms with van der Waals surface area (Å²) < 4.78 is 25.5. The average molecular weight is 508 g/mol. The molecule has 4 rings (SSSR count). The van der Waals surface area contributed by atoms with E-state index in [2.05, 4.69) is 5.32 Å². The maximum absolute atomic E-state index is 15.0. The molecule has 180 valence electrons. The number of nitrogens with zero attached hydrogens (tertiary/aromatic N) is 4. The van der Waals surface area contributed by atoms with Crippen molar-refractivity contribution in [2.24, 2.45) is 0 Å². The molecule has 0 spiro atoms. The summed E-state index contributed by atoms with van der Waals surface area (Å²) in [6, 6.07) is 7.41. The molecule has 34 heavy (non-hydrogen) atoms. The SMILES string of the molecule is CC(=S)NCC1CN(c2ccc(N3CCN(C(=S)c4ccc([N+](=O)[O-])o4)CC3)c(F)c2)C(=O)O1. The third-order valence-corrected chi connectivity index (χ3v) is 6.19. The predicted octanol–water partition coefficient (Wildman–Crippen LogP) is 3.09. The highest BCUT2D eigenvalue weighted by atomic mass is 32.1. The van der Waals surface area contributed by atoms with Gasteiger partial charge in [-0.3, -0.25) is 15.0 Å². The van der Waals surface area contributed by atoms with Crippen molar-refractivity contribution in [3.63, 3.8) is 0 Å².